The first kappa shape index (κ1) is 18.2. The monoisotopic (exact) mass is 374 g/mol. The average Bonchev–Trinajstić information content (AvgIpc) is 3.09. The molecule has 136 valence electrons. The van der Waals surface area contributed by atoms with E-state index in [9.17, 15) is 14.7 Å². The van der Waals surface area contributed by atoms with Gasteiger partial charge in [-0.15, -0.1) is 0 Å². The van der Waals surface area contributed by atoms with Crippen LogP contribution in [-0.2, 0) is 4.79 Å². The Morgan fingerprint density at radius 1 is 1.31 bits per heavy atom. The van der Waals surface area contributed by atoms with Gasteiger partial charge in [0.15, 0.2) is 0 Å². The Morgan fingerprint density at radius 3 is 2.65 bits per heavy atom. The normalized spacial score (nSPS) is 19.4. The Labute approximate surface area is 156 Å². The van der Waals surface area contributed by atoms with Gasteiger partial charge in [0.05, 0.1) is 18.1 Å². The lowest BCUT2D eigenvalue weighted by Gasteiger charge is -2.17. The van der Waals surface area contributed by atoms with Gasteiger partial charge in [-0.3, -0.25) is 9.59 Å². The van der Waals surface area contributed by atoms with Crippen LogP contribution in [0.4, 0.5) is 0 Å². The zero-order valence-corrected chi connectivity index (χ0v) is 15.0. The fourth-order valence-electron chi connectivity index (χ4n) is 3.23. The van der Waals surface area contributed by atoms with Crippen LogP contribution in [0.15, 0.2) is 42.6 Å². The van der Waals surface area contributed by atoms with E-state index in [-0.39, 0.29) is 29.3 Å². The van der Waals surface area contributed by atoms with Crippen molar-refractivity contribution in [3.05, 3.63) is 58.7 Å². The lowest BCUT2D eigenvalue weighted by Crippen LogP contribution is -2.30. The highest BCUT2D eigenvalue weighted by molar-refractivity contribution is 6.32. The first-order valence-electron chi connectivity index (χ1n) is 8.36. The number of nitrogens with zero attached hydrogens (tertiary/aromatic N) is 2. The summed E-state index contributed by atoms with van der Waals surface area (Å²) in [5.74, 6) is -1.81. The van der Waals surface area contributed by atoms with Gasteiger partial charge in [-0.25, -0.2) is 4.98 Å². The summed E-state index contributed by atoms with van der Waals surface area (Å²) in [4.78, 5) is 30.1. The van der Waals surface area contributed by atoms with Crippen molar-refractivity contribution in [1.82, 2.24) is 9.88 Å². The van der Waals surface area contributed by atoms with Gasteiger partial charge < -0.3 is 14.7 Å². The molecule has 3 rings (SSSR count). The molecule has 2 unspecified atom stereocenters. The third-order valence-corrected chi connectivity index (χ3v) is 4.76. The Morgan fingerprint density at radius 2 is 2.04 bits per heavy atom. The molecular weight excluding hydrogens is 356 g/mol. The van der Waals surface area contributed by atoms with Crippen LogP contribution in [0.1, 0.15) is 28.8 Å². The molecule has 2 atom stereocenters. The summed E-state index contributed by atoms with van der Waals surface area (Å²) in [5.41, 5.74) is 1.23. The molecule has 2 heterocycles. The van der Waals surface area contributed by atoms with E-state index in [0.29, 0.717) is 18.7 Å². The van der Waals surface area contributed by atoms with Gasteiger partial charge in [-0.1, -0.05) is 41.9 Å². The average molecular weight is 375 g/mol. The minimum Gasteiger partial charge on any atom is -0.481 e. The van der Waals surface area contributed by atoms with Crippen molar-refractivity contribution in [3.63, 3.8) is 0 Å². The third kappa shape index (κ3) is 3.65. The molecule has 26 heavy (non-hydrogen) atoms. The Balaban J connectivity index is 1.82. The molecule has 1 amide bonds. The van der Waals surface area contributed by atoms with Crippen molar-refractivity contribution in [3.8, 4) is 5.88 Å². The van der Waals surface area contributed by atoms with Crippen molar-refractivity contribution in [2.24, 2.45) is 5.92 Å². The number of carboxylic acids is 1. The first-order chi connectivity index (χ1) is 12.5. The molecule has 1 aliphatic heterocycles. The number of ether oxygens (including phenoxy) is 1. The second kappa shape index (κ2) is 7.74. The van der Waals surface area contributed by atoms with E-state index in [2.05, 4.69) is 4.98 Å². The number of carbonyl (C=O) groups is 2. The number of carbonyl (C=O) groups excluding carboxylic acids is 1. The molecule has 2 aromatic rings. The van der Waals surface area contributed by atoms with Crippen molar-refractivity contribution >= 4 is 23.5 Å². The van der Waals surface area contributed by atoms with Crippen LogP contribution in [0, 0.1) is 5.92 Å². The zero-order valence-electron chi connectivity index (χ0n) is 14.3. The zero-order chi connectivity index (χ0) is 18.7. The second-order valence-electron chi connectivity index (χ2n) is 6.12. The van der Waals surface area contributed by atoms with Crippen LogP contribution in [0.25, 0.3) is 0 Å². The predicted molar refractivity (Wildman–Crippen MR) is 96.6 cm³/mol. The number of hydrogen-bond donors (Lipinski definition) is 1. The minimum atomic E-state index is -0.906. The summed E-state index contributed by atoms with van der Waals surface area (Å²) in [7, 11) is 0. The molecule has 6 nitrogen and oxygen atoms in total. The molecule has 1 aliphatic rings. The van der Waals surface area contributed by atoms with E-state index in [4.69, 9.17) is 16.3 Å². The highest BCUT2D eigenvalue weighted by atomic mass is 35.5. The number of halogens is 1. The van der Waals surface area contributed by atoms with Crippen molar-refractivity contribution in [2.75, 3.05) is 19.7 Å². The number of aliphatic carboxylic acids is 1. The number of amides is 1. The van der Waals surface area contributed by atoms with Crippen LogP contribution in [0.5, 0.6) is 5.88 Å². The van der Waals surface area contributed by atoms with Crippen LogP contribution < -0.4 is 4.74 Å². The van der Waals surface area contributed by atoms with Crippen LogP contribution in [0.2, 0.25) is 5.02 Å². The summed E-state index contributed by atoms with van der Waals surface area (Å²) in [6.45, 7) is 2.73. The highest BCUT2D eigenvalue weighted by Gasteiger charge is 2.40. The molecule has 1 saturated heterocycles. The van der Waals surface area contributed by atoms with Crippen LogP contribution >= 0.6 is 11.6 Å². The van der Waals surface area contributed by atoms with Gasteiger partial charge in [-0.05, 0) is 18.6 Å². The Kier molecular flexibility index (Phi) is 5.42. The van der Waals surface area contributed by atoms with E-state index in [1.165, 1.54) is 12.3 Å². The first-order valence-corrected chi connectivity index (χ1v) is 8.74. The molecule has 1 aromatic heterocycles. The smallest absolute Gasteiger partial charge is 0.308 e. The molecule has 0 aliphatic carbocycles. The van der Waals surface area contributed by atoms with Crippen LogP contribution in [0.3, 0.4) is 0 Å². The van der Waals surface area contributed by atoms with E-state index in [1.807, 2.05) is 37.3 Å². The molecular formula is C19H19ClN2O4. The summed E-state index contributed by atoms with van der Waals surface area (Å²) < 4.78 is 5.27. The van der Waals surface area contributed by atoms with E-state index in [0.717, 1.165) is 5.56 Å². The number of aromatic nitrogens is 1. The lowest BCUT2D eigenvalue weighted by atomic mass is 9.89. The van der Waals surface area contributed by atoms with Crippen LogP contribution in [-0.4, -0.2) is 46.6 Å². The van der Waals surface area contributed by atoms with Gasteiger partial charge >= 0.3 is 5.97 Å². The largest absolute Gasteiger partial charge is 0.481 e. The maximum absolute atomic E-state index is 12.8. The molecule has 7 heteroatoms. The van der Waals surface area contributed by atoms with Gasteiger partial charge in [0, 0.05) is 25.2 Å². The Bertz CT molecular complexity index is 812. The molecule has 1 N–H and O–H groups in total. The minimum absolute atomic E-state index is 0.151. The predicted octanol–water partition coefficient (Wildman–Crippen LogP) is 3.07. The molecule has 1 aromatic carbocycles. The summed E-state index contributed by atoms with van der Waals surface area (Å²) in [6, 6.07) is 10.9. The number of pyridine rings is 1. The molecule has 0 radical (unpaired) electrons. The standard InChI is InChI=1S/C19H19ClN2O4/c1-2-26-17-16(20)8-13(9-21-17)18(23)22-10-14(15(11-22)19(24)25)12-6-4-3-5-7-12/h3-9,14-15H,2,10-11H2,1H3,(H,24,25). The molecule has 0 spiro atoms. The topological polar surface area (TPSA) is 79.7 Å². The lowest BCUT2D eigenvalue weighted by molar-refractivity contribution is -0.141. The van der Waals surface area contributed by atoms with Gasteiger partial charge in [0.25, 0.3) is 5.91 Å². The SMILES string of the molecule is CCOc1ncc(C(=O)N2CC(C(=O)O)C(c3ccccc3)C2)cc1Cl. The van der Waals surface area contributed by atoms with E-state index < -0.39 is 11.9 Å². The van der Waals surface area contributed by atoms with Crippen molar-refractivity contribution < 1.29 is 19.4 Å². The maximum Gasteiger partial charge on any atom is 0.308 e. The summed E-state index contributed by atoms with van der Waals surface area (Å²) in [6.07, 6.45) is 1.41. The number of likely N-dealkylation sites (tertiary alicyclic amines) is 1. The van der Waals surface area contributed by atoms with Gasteiger partial charge in [0.1, 0.15) is 5.02 Å². The van der Waals surface area contributed by atoms with E-state index in [1.54, 1.807) is 4.90 Å². The summed E-state index contributed by atoms with van der Waals surface area (Å²) >= 11 is 6.11. The molecule has 0 saturated carbocycles. The number of carboxylic acid groups (broad SMARTS) is 1. The maximum atomic E-state index is 12.8. The fraction of sp³-hybridized carbons (Fsp3) is 0.316. The van der Waals surface area contributed by atoms with Crippen molar-refractivity contribution in [1.29, 1.82) is 0 Å². The fourth-order valence-corrected chi connectivity index (χ4v) is 3.45. The van der Waals surface area contributed by atoms with E-state index >= 15 is 0 Å². The quantitative estimate of drug-likeness (QED) is 0.870. The summed E-state index contributed by atoms with van der Waals surface area (Å²) in [5, 5.41) is 9.82. The third-order valence-electron chi connectivity index (χ3n) is 4.49. The number of hydrogen-bond acceptors (Lipinski definition) is 4. The number of rotatable bonds is 5. The Hall–Kier alpha value is -2.60. The van der Waals surface area contributed by atoms with Crippen molar-refractivity contribution in [2.45, 2.75) is 12.8 Å². The molecule has 1 fully saturated rings. The second-order valence-corrected chi connectivity index (χ2v) is 6.52. The van der Waals surface area contributed by atoms with Gasteiger partial charge in [0.2, 0.25) is 5.88 Å². The highest BCUT2D eigenvalue weighted by Crippen LogP contribution is 2.34. The molecule has 0 bridgehead atoms. The number of benzene rings is 1. The van der Waals surface area contributed by atoms with Gasteiger partial charge in [-0.2, -0.15) is 0 Å².